The second kappa shape index (κ2) is 6.68. The number of aryl methyl sites for hydroxylation is 1. The minimum absolute atomic E-state index is 0.555. The summed E-state index contributed by atoms with van der Waals surface area (Å²) in [6, 6.07) is 6.79. The fraction of sp³-hybridized carbons (Fsp3) is 0.533. The lowest BCUT2D eigenvalue weighted by molar-refractivity contribution is 0.555. The maximum absolute atomic E-state index is 5.54. The molecule has 0 aliphatic carbocycles. The molecule has 0 amide bonds. The highest BCUT2D eigenvalue weighted by Crippen LogP contribution is 2.16. The first-order valence-electron chi connectivity index (χ1n) is 6.95. The normalized spacial score (nSPS) is 11.6. The number of benzene rings is 1. The highest BCUT2D eigenvalue weighted by Gasteiger charge is 2.02. The fourth-order valence-electron chi connectivity index (χ4n) is 2.05. The number of aromatic nitrogens is 1. The smallest absolute Gasteiger partial charge is 0.192 e. The van der Waals surface area contributed by atoms with Crippen LogP contribution < -0.4 is 10.6 Å². The molecular formula is C15H23N3O. The van der Waals surface area contributed by atoms with Crippen molar-refractivity contribution in [3.8, 4) is 0 Å². The zero-order valence-corrected chi connectivity index (χ0v) is 12.0. The van der Waals surface area contributed by atoms with E-state index in [4.69, 9.17) is 4.42 Å². The number of rotatable bonds is 7. The van der Waals surface area contributed by atoms with Gasteiger partial charge < -0.3 is 15.1 Å². The molecule has 0 radical (unpaired) electrons. The van der Waals surface area contributed by atoms with Crippen LogP contribution in [-0.4, -0.2) is 30.7 Å². The molecule has 4 heteroatoms. The summed E-state index contributed by atoms with van der Waals surface area (Å²) in [7, 11) is 0. The van der Waals surface area contributed by atoms with Crippen molar-refractivity contribution >= 4 is 11.1 Å². The van der Waals surface area contributed by atoms with E-state index in [0.717, 1.165) is 43.0 Å². The maximum atomic E-state index is 5.54. The van der Waals surface area contributed by atoms with Gasteiger partial charge in [-0.3, -0.25) is 0 Å². The van der Waals surface area contributed by atoms with Crippen molar-refractivity contribution in [1.29, 1.82) is 0 Å². The van der Waals surface area contributed by atoms with Gasteiger partial charge in [0.15, 0.2) is 11.5 Å². The Labute approximate surface area is 114 Å². The van der Waals surface area contributed by atoms with Crippen LogP contribution in [0.25, 0.3) is 11.1 Å². The van der Waals surface area contributed by atoms with Crippen LogP contribution in [0.1, 0.15) is 25.3 Å². The predicted octanol–water partition coefficient (Wildman–Crippen LogP) is 2.27. The number of nitrogens with zero attached hydrogens (tertiary/aromatic N) is 1. The van der Waals surface area contributed by atoms with Crippen molar-refractivity contribution in [3.63, 3.8) is 0 Å². The third-order valence-corrected chi connectivity index (χ3v) is 3.00. The van der Waals surface area contributed by atoms with Gasteiger partial charge in [0.2, 0.25) is 0 Å². The molecular weight excluding hydrogens is 238 g/mol. The largest absolute Gasteiger partial charge is 0.441 e. The third-order valence-electron chi connectivity index (χ3n) is 3.00. The Hall–Kier alpha value is -1.39. The topological polar surface area (TPSA) is 50.1 Å². The molecule has 1 heterocycles. The van der Waals surface area contributed by atoms with Crippen molar-refractivity contribution in [3.05, 3.63) is 29.7 Å². The van der Waals surface area contributed by atoms with E-state index >= 15 is 0 Å². The second-order valence-corrected chi connectivity index (χ2v) is 5.14. The predicted molar refractivity (Wildman–Crippen MR) is 78.5 cm³/mol. The summed E-state index contributed by atoms with van der Waals surface area (Å²) in [5.41, 5.74) is 3.11. The van der Waals surface area contributed by atoms with Crippen LogP contribution in [0, 0.1) is 6.92 Å². The Morgan fingerprint density at radius 2 is 2.05 bits per heavy atom. The first-order chi connectivity index (χ1) is 9.15. The van der Waals surface area contributed by atoms with Gasteiger partial charge in [0, 0.05) is 26.1 Å². The van der Waals surface area contributed by atoms with Crippen LogP contribution in [0.15, 0.2) is 22.6 Å². The van der Waals surface area contributed by atoms with Gasteiger partial charge in [-0.15, -0.1) is 0 Å². The number of hydrogen-bond acceptors (Lipinski definition) is 4. The Kier molecular flexibility index (Phi) is 4.93. The van der Waals surface area contributed by atoms with Crippen molar-refractivity contribution in [2.75, 3.05) is 19.6 Å². The Bertz CT molecular complexity index is 519. The Balaban J connectivity index is 1.75. The first kappa shape index (κ1) is 14.0. The maximum Gasteiger partial charge on any atom is 0.192 e. The van der Waals surface area contributed by atoms with Gasteiger partial charge in [-0.1, -0.05) is 19.9 Å². The molecule has 2 N–H and O–H groups in total. The van der Waals surface area contributed by atoms with E-state index in [1.807, 2.05) is 13.0 Å². The summed E-state index contributed by atoms with van der Waals surface area (Å²) in [6.45, 7) is 9.20. The van der Waals surface area contributed by atoms with Gasteiger partial charge in [0.1, 0.15) is 5.52 Å². The molecule has 0 atom stereocenters. The molecule has 104 valence electrons. The second-order valence-electron chi connectivity index (χ2n) is 5.14. The molecule has 4 nitrogen and oxygen atoms in total. The summed E-state index contributed by atoms with van der Waals surface area (Å²) >= 11 is 0. The molecule has 1 aromatic carbocycles. The van der Waals surface area contributed by atoms with E-state index in [9.17, 15) is 0 Å². The minimum Gasteiger partial charge on any atom is -0.441 e. The molecule has 0 bridgehead atoms. The lowest BCUT2D eigenvalue weighted by atomic mass is 10.1. The molecule has 0 aliphatic rings. The lowest BCUT2D eigenvalue weighted by Gasteiger charge is -2.08. The average molecular weight is 261 g/mol. The quantitative estimate of drug-likeness (QED) is 0.751. The molecule has 0 spiro atoms. The average Bonchev–Trinajstić information content (AvgIpc) is 2.72. The molecule has 0 saturated carbocycles. The minimum atomic E-state index is 0.555. The van der Waals surface area contributed by atoms with Crippen LogP contribution in [-0.2, 0) is 6.42 Å². The van der Waals surface area contributed by atoms with E-state index in [1.165, 1.54) is 5.56 Å². The van der Waals surface area contributed by atoms with Gasteiger partial charge in [0.25, 0.3) is 0 Å². The van der Waals surface area contributed by atoms with E-state index in [1.54, 1.807) is 0 Å². The summed E-state index contributed by atoms with van der Waals surface area (Å²) in [5, 5.41) is 6.82. The summed E-state index contributed by atoms with van der Waals surface area (Å²) in [5.74, 6) is 0.727. The molecule has 0 fully saturated rings. The SMILES string of the molecule is Cc1nc2ccc(CCNCCNC(C)C)cc2o1. The van der Waals surface area contributed by atoms with E-state index < -0.39 is 0 Å². The van der Waals surface area contributed by atoms with Crippen LogP contribution in [0.2, 0.25) is 0 Å². The summed E-state index contributed by atoms with van der Waals surface area (Å²) in [6.07, 6.45) is 1.01. The van der Waals surface area contributed by atoms with Crippen LogP contribution in [0.3, 0.4) is 0 Å². The highest BCUT2D eigenvalue weighted by molar-refractivity contribution is 5.73. The number of nitrogens with one attached hydrogen (secondary N) is 2. The van der Waals surface area contributed by atoms with Crippen LogP contribution in [0.5, 0.6) is 0 Å². The summed E-state index contributed by atoms with van der Waals surface area (Å²) < 4.78 is 5.54. The van der Waals surface area contributed by atoms with E-state index in [-0.39, 0.29) is 0 Å². The van der Waals surface area contributed by atoms with Crippen molar-refractivity contribution < 1.29 is 4.42 Å². The zero-order chi connectivity index (χ0) is 13.7. The van der Waals surface area contributed by atoms with Crippen molar-refractivity contribution in [2.24, 2.45) is 0 Å². The molecule has 0 unspecified atom stereocenters. The standard InChI is InChI=1S/C15H23N3O/c1-11(2)17-9-8-16-7-6-13-4-5-14-15(10-13)19-12(3)18-14/h4-5,10-11,16-17H,6-9H2,1-3H3. The molecule has 2 aromatic rings. The van der Waals surface area contributed by atoms with Gasteiger partial charge in [-0.2, -0.15) is 0 Å². The Morgan fingerprint density at radius 3 is 2.84 bits per heavy atom. The van der Waals surface area contributed by atoms with E-state index in [0.29, 0.717) is 6.04 Å². The monoisotopic (exact) mass is 261 g/mol. The number of oxazole rings is 1. The molecule has 0 saturated heterocycles. The highest BCUT2D eigenvalue weighted by atomic mass is 16.3. The van der Waals surface area contributed by atoms with Gasteiger partial charge >= 0.3 is 0 Å². The third kappa shape index (κ3) is 4.33. The van der Waals surface area contributed by atoms with Crippen LogP contribution in [0.4, 0.5) is 0 Å². The number of fused-ring (bicyclic) bond motifs is 1. The molecule has 1 aromatic heterocycles. The fourth-order valence-corrected chi connectivity index (χ4v) is 2.05. The lowest BCUT2D eigenvalue weighted by Crippen LogP contribution is -2.32. The molecule has 19 heavy (non-hydrogen) atoms. The first-order valence-corrected chi connectivity index (χ1v) is 6.95. The Morgan fingerprint density at radius 1 is 1.21 bits per heavy atom. The summed E-state index contributed by atoms with van der Waals surface area (Å²) in [4.78, 5) is 4.30. The molecule has 0 aliphatic heterocycles. The zero-order valence-electron chi connectivity index (χ0n) is 12.0. The van der Waals surface area contributed by atoms with Gasteiger partial charge in [0.05, 0.1) is 0 Å². The van der Waals surface area contributed by atoms with Crippen LogP contribution >= 0.6 is 0 Å². The van der Waals surface area contributed by atoms with Gasteiger partial charge in [-0.25, -0.2) is 4.98 Å². The number of hydrogen-bond donors (Lipinski definition) is 2. The van der Waals surface area contributed by atoms with Crippen molar-refractivity contribution in [1.82, 2.24) is 15.6 Å². The van der Waals surface area contributed by atoms with Gasteiger partial charge in [-0.05, 0) is 30.7 Å². The van der Waals surface area contributed by atoms with Crippen molar-refractivity contribution in [2.45, 2.75) is 33.2 Å². The molecule has 2 rings (SSSR count). The van der Waals surface area contributed by atoms with E-state index in [2.05, 4.69) is 41.6 Å².